The Labute approximate surface area is 177 Å². The van der Waals surface area contributed by atoms with E-state index >= 15 is 0 Å². The van der Waals surface area contributed by atoms with Crippen molar-refractivity contribution in [2.75, 3.05) is 26.0 Å². The van der Waals surface area contributed by atoms with E-state index in [1.807, 2.05) is 19.9 Å². The molecule has 7 heteroatoms. The van der Waals surface area contributed by atoms with Crippen molar-refractivity contribution in [3.63, 3.8) is 0 Å². The summed E-state index contributed by atoms with van der Waals surface area (Å²) in [6.45, 7) is 3.84. The first-order valence-electron chi connectivity index (χ1n) is 9.91. The van der Waals surface area contributed by atoms with Crippen molar-refractivity contribution in [1.82, 2.24) is 10.2 Å². The number of nitrogens with zero attached hydrogens (tertiary/aromatic N) is 1. The van der Waals surface area contributed by atoms with Crippen molar-refractivity contribution in [2.24, 2.45) is 5.92 Å². The number of ether oxygens (including phenoxy) is 1. The van der Waals surface area contributed by atoms with Gasteiger partial charge in [-0.25, -0.2) is 0 Å². The fourth-order valence-electron chi connectivity index (χ4n) is 2.64. The molecule has 0 aromatic heterocycles. The summed E-state index contributed by atoms with van der Waals surface area (Å²) in [5.41, 5.74) is 1.08. The van der Waals surface area contributed by atoms with Gasteiger partial charge in [0.05, 0.1) is 0 Å². The minimum Gasteiger partial charge on any atom is -0.484 e. The van der Waals surface area contributed by atoms with Crippen LogP contribution in [0.3, 0.4) is 0 Å². The summed E-state index contributed by atoms with van der Waals surface area (Å²) >= 11 is 0. The van der Waals surface area contributed by atoms with Crippen LogP contribution in [-0.4, -0.2) is 49.4 Å². The van der Waals surface area contributed by atoms with Crippen LogP contribution in [0.2, 0.25) is 0 Å². The van der Waals surface area contributed by atoms with E-state index < -0.39 is 6.04 Å². The Balaban J connectivity index is 2.01. The molecule has 0 aliphatic heterocycles. The molecule has 2 N–H and O–H groups in total. The molecular formula is C23H29N3O4. The predicted molar refractivity (Wildman–Crippen MR) is 116 cm³/mol. The Morgan fingerprint density at radius 3 is 2.20 bits per heavy atom. The topological polar surface area (TPSA) is 87.7 Å². The van der Waals surface area contributed by atoms with Gasteiger partial charge in [-0.2, -0.15) is 0 Å². The van der Waals surface area contributed by atoms with Crippen molar-refractivity contribution >= 4 is 23.4 Å². The van der Waals surface area contributed by atoms with Gasteiger partial charge in [0.15, 0.2) is 6.61 Å². The molecule has 0 saturated heterocycles. The van der Waals surface area contributed by atoms with Crippen LogP contribution in [0.25, 0.3) is 0 Å². The molecule has 0 radical (unpaired) electrons. The van der Waals surface area contributed by atoms with Gasteiger partial charge in [-0.3, -0.25) is 14.4 Å². The second-order valence-corrected chi connectivity index (χ2v) is 7.29. The molecule has 0 heterocycles. The van der Waals surface area contributed by atoms with E-state index in [0.717, 1.165) is 6.42 Å². The Hall–Kier alpha value is -3.35. The number of amides is 3. The van der Waals surface area contributed by atoms with Gasteiger partial charge < -0.3 is 20.3 Å². The predicted octanol–water partition coefficient (Wildman–Crippen LogP) is 2.94. The second kappa shape index (κ2) is 11.0. The minimum absolute atomic E-state index is 0.0442. The van der Waals surface area contributed by atoms with Crippen LogP contribution in [0.4, 0.5) is 5.69 Å². The third-order valence-corrected chi connectivity index (χ3v) is 4.80. The van der Waals surface area contributed by atoms with Crippen LogP contribution in [-0.2, 0) is 9.59 Å². The van der Waals surface area contributed by atoms with E-state index in [1.54, 1.807) is 62.6 Å². The molecule has 2 aromatic carbocycles. The molecule has 0 bridgehead atoms. The maximum atomic E-state index is 12.8. The number of hydrogen-bond donors (Lipinski definition) is 2. The largest absolute Gasteiger partial charge is 0.484 e. The highest BCUT2D eigenvalue weighted by Gasteiger charge is 2.26. The molecule has 0 aliphatic rings. The average molecular weight is 412 g/mol. The minimum atomic E-state index is -0.670. The van der Waals surface area contributed by atoms with Gasteiger partial charge in [-0.1, -0.05) is 38.5 Å². The average Bonchev–Trinajstić information content (AvgIpc) is 2.76. The quantitative estimate of drug-likeness (QED) is 0.664. The molecule has 0 spiro atoms. The molecule has 2 atom stereocenters. The van der Waals surface area contributed by atoms with E-state index in [1.165, 1.54) is 4.90 Å². The van der Waals surface area contributed by atoms with Crippen molar-refractivity contribution in [3.05, 3.63) is 60.2 Å². The third kappa shape index (κ3) is 6.62. The van der Waals surface area contributed by atoms with E-state index in [4.69, 9.17) is 4.74 Å². The molecule has 30 heavy (non-hydrogen) atoms. The van der Waals surface area contributed by atoms with E-state index in [2.05, 4.69) is 10.6 Å². The maximum Gasteiger partial charge on any atom is 0.259 e. The molecule has 0 saturated carbocycles. The summed E-state index contributed by atoms with van der Waals surface area (Å²) in [6.07, 6.45) is 0.736. The summed E-state index contributed by atoms with van der Waals surface area (Å²) in [4.78, 5) is 38.4. The molecular weight excluding hydrogens is 382 g/mol. The lowest BCUT2D eigenvalue weighted by Crippen LogP contribution is -2.47. The van der Waals surface area contributed by atoms with Crippen molar-refractivity contribution in [2.45, 2.75) is 26.3 Å². The number of rotatable bonds is 9. The van der Waals surface area contributed by atoms with Gasteiger partial charge in [0.1, 0.15) is 11.8 Å². The molecule has 2 rings (SSSR count). The first kappa shape index (κ1) is 22.9. The number of carbonyl (C=O) groups is 3. The van der Waals surface area contributed by atoms with E-state index in [-0.39, 0.29) is 30.2 Å². The molecule has 7 nitrogen and oxygen atoms in total. The fraction of sp³-hybridized carbons (Fsp3) is 0.348. The maximum absolute atomic E-state index is 12.8. The highest BCUT2D eigenvalue weighted by Crippen LogP contribution is 2.17. The lowest BCUT2D eigenvalue weighted by molar-refractivity contribution is -0.130. The highest BCUT2D eigenvalue weighted by molar-refractivity contribution is 6.01. The molecule has 2 unspecified atom stereocenters. The summed E-state index contributed by atoms with van der Waals surface area (Å²) in [5.74, 6) is -0.232. The molecule has 3 amide bonds. The number of anilines is 1. The summed E-state index contributed by atoms with van der Waals surface area (Å²) in [7, 11) is 3.32. The Morgan fingerprint density at radius 2 is 1.63 bits per heavy atom. The SMILES string of the molecule is CCC(C)C(NC(=O)c1ccccc1)C(=O)Nc1ccc(OCC(=O)N(C)C)cc1. The van der Waals surface area contributed by atoms with Crippen LogP contribution in [0.1, 0.15) is 30.6 Å². The highest BCUT2D eigenvalue weighted by atomic mass is 16.5. The zero-order valence-corrected chi connectivity index (χ0v) is 17.8. The standard InChI is InChI=1S/C23H29N3O4/c1-5-16(2)21(25-22(28)17-9-7-6-8-10-17)23(29)24-18-11-13-19(14-12-18)30-15-20(27)26(3)4/h6-14,16,21H,5,15H2,1-4H3,(H,24,29)(H,25,28). The zero-order chi connectivity index (χ0) is 22.1. The van der Waals surface area contributed by atoms with Crippen LogP contribution in [0.5, 0.6) is 5.75 Å². The molecule has 2 aromatic rings. The number of nitrogens with one attached hydrogen (secondary N) is 2. The van der Waals surface area contributed by atoms with Crippen LogP contribution in [0.15, 0.2) is 54.6 Å². The number of likely N-dealkylation sites (N-methyl/N-ethyl adjacent to an activating group) is 1. The zero-order valence-electron chi connectivity index (χ0n) is 17.8. The van der Waals surface area contributed by atoms with Gasteiger partial charge in [0, 0.05) is 25.3 Å². The summed E-state index contributed by atoms with van der Waals surface area (Å²) in [6, 6.07) is 14.9. The second-order valence-electron chi connectivity index (χ2n) is 7.29. The molecule has 0 aliphatic carbocycles. The lowest BCUT2D eigenvalue weighted by Gasteiger charge is -2.23. The van der Waals surface area contributed by atoms with Crippen molar-refractivity contribution in [3.8, 4) is 5.75 Å². The Kier molecular flexibility index (Phi) is 8.41. The fourth-order valence-corrected chi connectivity index (χ4v) is 2.64. The normalized spacial score (nSPS) is 12.4. The summed E-state index contributed by atoms with van der Waals surface area (Å²) < 4.78 is 5.43. The number of carbonyl (C=O) groups excluding carboxylic acids is 3. The van der Waals surface area contributed by atoms with Gasteiger partial charge >= 0.3 is 0 Å². The van der Waals surface area contributed by atoms with Gasteiger partial charge in [0.25, 0.3) is 11.8 Å². The van der Waals surface area contributed by atoms with E-state index in [9.17, 15) is 14.4 Å². The van der Waals surface area contributed by atoms with Crippen molar-refractivity contribution in [1.29, 1.82) is 0 Å². The number of benzene rings is 2. The molecule has 160 valence electrons. The van der Waals surface area contributed by atoms with Crippen LogP contribution < -0.4 is 15.4 Å². The molecule has 0 fully saturated rings. The van der Waals surface area contributed by atoms with Gasteiger partial charge in [-0.05, 0) is 42.3 Å². The first-order valence-corrected chi connectivity index (χ1v) is 9.91. The Morgan fingerprint density at radius 1 is 1.00 bits per heavy atom. The van der Waals surface area contributed by atoms with Gasteiger partial charge in [-0.15, -0.1) is 0 Å². The Bertz CT molecular complexity index is 851. The van der Waals surface area contributed by atoms with Crippen molar-refractivity contribution < 1.29 is 19.1 Å². The lowest BCUT2D eigenvalue weighted by atomic mass is 9.97. The smallest absolute Gasteiger partial charge is 0.259 e. The monoisotopic (exact) mass is 411 g/mol. The number of hydrogen-bond acceptors (Lipinski definition) is 4. The third-order valence-electron chi connectivity index (χ3n) is 4.80. The van der Waals surface area contributed by atoms with E-state index in [0.29, 0.717) is 17.0 Å². The first-order chi connectivity index (χ1) is 14.3. The van der Waals surface area contributed by atoms with Gasteiger partial charge in [0.2, 0.25) is 5.91 Å². The van der Waals surface area contributed by atoms with Crippen LogP contribution >= 0.6 is 0 Å². The summed E-state index contributed by atoms with van der Waals surface area (Å²) in [5, 5.41) is 5.68. The van der Waals surface area contributed by atoms with Crippen LogP contribution in [0, 0.1) is 5.92 Å².